The Kier molecular flexibility index (Phi) is 4.87. The van der Waals surface area contributed by atoms with E-state index in [1.165, 1.54) is 12.1 Å². The molecule has 0 spiro atoms. The van der Waals surface area contributed by atoms with Gasteiger partial charge in [0, 0.05) is 25.1 Å². The van der Waals surface area contributed by atoms with Crippen LogP contribution in [0, 0.1) is 12.8 Å². The van der Waals surface area contributed by atoms with Crippen molar-refractivity contribution >= 4 is 11.7 Å². The zero-order valence-corrected chi connectivity index (χ0v) is 14.0. The number of imidazole rings is 1. The van der Waals surface area contributed by atoms with Crippen molar-refractivity contribution in [3.05, 3.63) is 42.0 Å². The number of nitrogens with zero attached hydrogens (tertiary/aromatic N) is 2. The molecule has 3 rings (SSSR count). The van der Waals surface area contributed by atoms with E-state index in [0.29, 0.717) is 17.2 Å². The summed E-state index contributed by atoms with van der Waals surface area (Å²) >= 11 is 0. The fourth-order valence-corrected chi connectivity index (χ4v) is 2.75. The second kappa shape index (κ2) is 7.08. The van der Waals surface area contributed by atoms with Crippen molar-refractivity contribution in [2.24, 2.45) is 13.0 Å². The molecule has 0 unspecified atom stereocenters. The van der Waals surface area contributed by atoms with Crippen LogP contribution in [0.25, 0.3) is 0 Å². The number of hydrogen-bond acceptors (Lipinski definition) is 3. The highest BCUT2D eigenvalue weighted by molar-refractivity contribution is 5.90. The maximum absolute atomic E-state index is 12.4. The van der Waals surface area contributed by atoms with Crippen molar-refractivity contribution in [1.29, 1.82) is 0 Å². The second-order valence-electron chi connectivity index (χ2n) is 6.17. The summed E-state index contributed by atoms with van der Waals surface area (Å²) < 4.78 is 30.7. The Morgan fingerprint density at radius 3 is 2.72 bits per heavy atom. The Morgan fingerprint density at radius 2 is 2.16 bits per heavy atom. The zero-order valence-electron chi connectivity index (χ0n) is 14.0. The number of alkyl halides is 2. The van der Waals surface area contributed by atoms with E-state index >= 15 is 0 Å². The number of aromatic nitrogens is 2. The molecule has 0 radical (unpaired) electrons. The van der Waals surface area contributed by atoms with E-state index in [1.54, 1.807) is 19.2 Å². The van der Waals surface area contributed by atoms with Crippen molar-refractivity contribution in [2.45, 2.75) is 32.4 Å². The van der Waals surface area contributed by atoms with Crippen molar-refractivity contribution in [1.82, 2.24) is 14.9 Å². The predicted octanol–water partition coefficient (Wildman–Crippen LogP) is 3.60. The minimum Gasteiger partial charge on any atom is -0.435 e. The van der Waals surface area contributed by atoms with Gasteiger partial charge in [0.1, 0.15) is 11.6 Å². The van der Waals surface area contributed by atoms with Crippen LogP contribution in [-0.4, -0.2) is 22.2 Å². The lowest BCUT2D eigenvalue weighted by molar-refractivity contribution is -0.0498. The highest BCUT2D eigenvalue weighted by Crippen LogP contribution is 2.40. The number of ether oxygens (including phenoxy) is 1. The van der Waals surface area contributed by atoms with Crippen LogP contribution in [0.1, 0.15) is 30.3 Å². The summed E-state index contributed by atoms with van der Waals surface area (Å²) in [5.41, 5.74) is 1.17. The van der Waals surface area contributed by atoms with Gasteiger partial charge in [0.25, 0.3) is 0 Å². The Labute approximate surface area is 144 Å². The number of nitrogens with one attached hydrogen (secondary N) is 2. The number of halogens is 2. The molecule has 2 aromatic rings. The maximum Gasteiger partial charge on any atom is 0.387 e. The molecule has 1 aliphatic carbocycles. The molecule has 1 aromatic heterocycles. The van der Waals surface area contributed by atoms with E-state index in [-0.39, 0.29) is 17.8 Å². The van der Waals surface area contributed by atoms with Gasteiger partial charge in [0.15, 0.2) is 0 Å². The Bertz CT molecular complexity index is 759. The number of hydrogen-bond donors (Lipinski definition) is 2. The Balaban J connectivity index is 1.66. The highest BCUT2D eigenvalue weighted by Gasteiger charge is 2.35. The van der Waals surface area contributed by atoms with E-state index in [0.717, 1.165) is 18.7 Å². The van der Waals surface area contributed by atoms with Crippen molar-refractivity contribution < 1.29 is 18.3 Å². The molecule has 2 amide bonds. The summed E-state index contributed by atoms with van der Waals surface area (Å²) in [6.07, 6.45) is 5.65. The number of anilines is 1. The van der Waals surface area contributed by atoms with Gasteiger partial charge in [-0.05, 0) is 49.4 Å². The van der Waals surface area contributed by atoms with Crippen LogP contribution < -0.4 is 15.4 Å². The fraction of sp³-hybridized carbons (Fsp3) is 0.412. The SMILES string of the molecule is Cc1cc(OC(F)F)ccc1NC(=O)N[C@H](c1nccn1C)C1CC1. The molecule has 6 nitrogen and oxygen atoms in total. The molecule has 134 valence electrons. The summed E-state index contributed by atoms with van der Waals surface area (Å²) in [7, 11) is 1.89. The molecule has 8 heteroatoms. The number of carbonyl (C=O) groups excluding carboxylic acids is 1. The van der Waals surface area contributed by atoms with Crippen molar-refractivity contribution in [2.75, 3.05) is 5.32 Å². The number of amides is 2. The lowest BCUT2D eigenvalue weighted by Crippen LogP contribution is -2.35. The molecule has 1 aliphatic rings. The first kappa shape index (κ1) is 17.2. The van der Waals surface area contributed by atoms with Gasteiger partial charge in [-0.3, -0.25) is 0 Å². The van der Waals surface area contributed by atoms with Crippen molar-refractivity contribution in [3.8, 4) is 5.75 Å². The molecule has 1 saturated carbocycles. The molecule has 0 saturated heterocycles. The second-order valence-corrected chi connectivity index (χ2v) is 6.17. The van der Waals surface area contributed by atoms with Crippen LogP contribution in [0.5, 0.6) is 5.75 Å². The maximum atomic E-state index is 12.4. The zero-order chi connectivity index (χ0) is 18.0. The summed E-state index contributed by atoms with van der Waals surface area (Å²) in [4.78, 5) is 16.7. The summed E-state index contributed by atoms with van der Waals surface area (Å²) in [6.45, 7) is -1.16. The van der Waals surface area contributed by atoms with E-state index in [2.05, 4.69) is 20.4 Å². The largest absolute Gasteiger partial charge is 0.435 e. The van der Waals surface area contributed by atoms with Crippen LogP contribution in [-0.2, 0) is 7.05 Å². The van der Waals surface area contributed by atoms with E-state index in [9.17, 15) is 13.6 Å². The average Bonchev–Trinajstić information content (AvgIpc) is 3.29. The predicted molar refractivity (Wildman–Crippen MR) is 88.6 cm³/mol. The summed E-state index contributed by atoms with van der Waals surface area (Å²) in [6, 6.07) is 3.89. The van der Waals surface area contributed by atoms with Crippen LogP contribution in [0.15, 0.2) is 30.6 Å². The number of rotatable bonds is 6. The third kappa shape index (κ3) is 4.26. The van der Waals surface area contributed by atoms with E-state index in [1.807, 2.05) is 17.8 Å². The van der Waals surface area contributed by atoms with E-state index < -0.39 is 6.61 Å². The van der Waals surface area contributed by atoms with Gasteiger partial charge in [0.05, 0.1) is 6.04 Å². The van der Waals surface area contributed by atoms with Crippen LogP contribution >= 0.6 is 0 Å². The summed E-state index contributed by atoms with van der Waals surface area (Å²) in [5.74, 6) is 1.26. The standard InChI is InChI=1S/C17H20F2N4O2/c1-10-9-12(25-16(18)19)5-6-13(10)21-17(24)22-14(11-3-4-11)15-20-7-8-23(15)2/h5-9,11,14,16H,3-4H2,1-2H3,(H2,21,22,24)/t14-/m0/s1. The van der Waals surface area contributed by atoms with Gasteiger partial charge in [-0.25, -0.2) is 9.78 Å². The molecule has 1 atom stereocenters. The number of aryl methyl sites for hydroxylation is 2. The van der Waals surface area contributed by atoms with Crippen molar-refractivity contribution in [3.63, 3.8) is 0 Å². The smallest absolute Gasteiger partial charge is 0.387 e. The molecule has 1 aromatic carbocycles. The number of carbonyl (C=O) groups is 1. The third-order valence-electron chi connectivity index (χ3n) is 4.19. The topological polar surface area (TPSA) is 68.2 Å². The number of benzene rings is 1. The first-order chi connectivity index (χ1) is 11.9. The average molecular weight is 350 g/mol. The highest BCUT2D eigenvalue weighted by atomic mass is 19.3. The van der Waals surface area contributed by atoms with Crippen LogP contribution in [0.3, 0.4) is 0 Å². The summed E-state index contributed by atoms with van der Waals surface area (Å²) in [5, 5.41) is 5.72. The minimum absolute atomic E-state index is 0.0577. The Hall–Kier alpha value is -2.64. The van der Waals surface area contributed by atoms with Gasteiger partial charge in [-0.2, -0.15) is 8.78 Å². The van der Waals surface area contributed by atoms with Gasteiger partial charge >= 0.3 is 12.6 Å². The number of urea groups is 1. The van der Waals surface area contributed by atoms with Crippen LogP contribution in [0.4, 0.5) is 19.3 Å². The molecule has 2 N–H and O–H groups in total. The lowest BCUT2D eigenvalue weighted by atomic mass is 10.1. The van der Waals surface area contributed by atoms with E-state index in [4.69, 9.17) is 0 Å². The van der Waals surface area contributed by atoms with Crippen LogP contribution in [0.2, 0.25) is 0 Å². The molecule has 0 aliphatic heterocycles. The Morgan fingerprint density at radius 1 is 1.40 bits per heavy atom. The third-order valence-corrected chi connectivity index (χ3v) is 4.19. The molecular formula is C17H20F2N4O2. The first-order valence-corrected chi connectivity index (χ1v) is 8.04. The molecular weight excluding hydrogens is 330 g/mol. The molecule has 1 heterocycles. The molecule has 0 bridgehead atoms. The molecule has 1 fully saturated rings. The monoisotopic (exact) mass is 350 g/mol. The normalized spacial score (nSPS) is 15.1. The van der Waals surface area contributed by atoms with Gasteiger partial charge in [0.2, 0.25) is 0 Å². The first-order valence-electron chi connectivity index (χ1n) is 8.04. The quantitative estimate of drug-likeness (QED) is 0.836. The minimum atomic E-state index is -2.88. The lowest BCUT2D eigenvalue weighted by Gasteiger charge is -2.19. The van der Waals surface area contributed by atoms with Gasteiger partial charge < -0.3 is 19.9 Å². The fourth-order valence-electron chi connectivity index (χ4n) is 2.75. The van der Waals surface area contributed by atoms with Gasteiger partial charge in [-0.15, -0.1) is 0 Å². The molecule has 25 heavy (non-hydrogen) atoms. The van der Waals surface area contributed by atoms with Gasteiger partial charge in [-0.1, -0.05) is 0 Å².